The molecule has 0 radical (unpaired) electrons. The number of nitrogens with one attached hydrogen (secondary N) is 1. The minimum Gasteiger partial charge on any atom is -0.490 e. The molecule has 0 spiro atoms. The van der Waals surface area contributed by atoms with Crippen LogP contribution in [-0.4, -0.2) is 25.7 Å². The highest BCUT2D eigenvalue weighted by molar-refractivity contribution is 5.85. The molecule has 1 atom stereocenters. The van der Waals surface area contributed by atoms with Crippen LogP contribution < -0.4 is 20.5 Å². The molecule has 0 bridgehead atoms. The van der Waals surface area contributed by atoms with E-state index in [1.165, 1.54) is 0 Å². The van der Waals surface area contributed by atoms with E-state index >= 15 is 0 Å². The van der Waals surface area contributed by atoms with Gasteiger partial charge in [0.2, 0.25) is 5.91 Å². The van der Waals surface area contributed by atoms with Crippen molar-refractivity contribution >= 4 is 18.3 Å². The molecule has 0 heterocycles. The summed E-state index contributed by atoms with van der Waals surface area (Å²) in [6.07, 6.45) is 0. The first kappa shape index (κ1) is 18.5. The van der Waals surface area contributed by atoms with E-state index in [2.05, 4.69) is 5.32 Å². The lowest BCUT2D eigenvalue weighted by Gasteiger charge is -2.17. The second-order valence-corrected chi connectivity index (χ2v) is 4.07. The van der Waals surface area contributed by atoms with E-state index in [1.54, 1.807) is 0 Å². The molecule has 20 heavy (non-hydrogen) atoms. The van der Waals surface area contributed by atoms with E-state index in [-0.39, 0.29) is 30.9 Å². The highest BCUT2D eigenvalue weighted by Gasteiger charge is 2.12. The van der Waals surface area contributed by atoms with Crippen molar-refractivity contribution in [3.63, 3.8) is 0 Å². The molecular formula is C14H23ClN2O3. The molecule has 1 aromatic rings. The van der Waals surface area contributed by atoms with E-state index < -0.39 is 0 Å². The zero-order valence-corrected chi connectivity index (χ0v) is 13.0. The molecule has 0 aromatic heterocycles. The van der Waals surface area contributed by atoms with Crippen LogP contribution in [0.4, 0.5) is 0 Å². The lowest BCUT2D eigenvalue weighted by Crippen LogP contribution is -2.32. The third kappa shape index (κ3) is 5.27. The van der Waals surface area contributed by atoms with Crippen molar-refractivity contribution < 1.29 is 14.3 Å². The molecule has 1 amide bonds. The van der Waals surface area contributed by atoms with Crippen molar-refractivity contribution in [2.24, 2.45) is 5.73 Å². The fourth-order valence-corrected chi connectivity index (χ4v) is 1.72. The summed E-state index contributed by atoms with van der Waals surface area (Å²) in [5, 5.41) is 2.81. The number of nitrogens with two attached hydrogens (primary N) is 1. The van der Waals surface area contributed by atoms with Crippen molar-refractivity contribution in [1.29, 1.82) is 0 Å². The minimum atomic E-state index is -0.181. The predicted molar refractivity (Wildman–Crippen MR) is 81.6 cm³/mol. The van der Waals surface area contributed by atoms with E-state index in [4.69, 9.17) is 15.2 Å². The van der Waals surface area contributed by atoms with Crippen LogP contribution in [0.2, 0.25) is 0 Å². The Labute approximate surface area is 126 Å². The van der Waals surface area contributed by atoms with Gasteiger partial charge in [0.25, 0.3) is 0 Å². The first-order chi connectivity index (χ1) is 9.12. The van der Waals surface area contributed by atoms with E-state index in [0.717, 1.165) is 5.56 Å². The molecule has 0 aliphatic carbocycles. The Bertz CT molecular complexity index is 427. The Kier molecular flexibility index (Phi) is 8.76. The van der Waals surface area contributed by atoms with E-state index in [0.29, 0.717) is 24.7 Å². The largest absolute Gasteiger partial charge is 0.490 e. The second kappa shape index (κ2) is 9.44. The van der Waals surface area contributed by atoms with Gasteiger partial charge in [0, 0.05) is 0 Å². The molecule has 0 fully saturated rings. The van der Waals surface area contributed by atoms with Gasteiger partial charge in [-0.2, -0.15) is 0 Å². The molecule has 0 aliphatic rings. The SMILES string of the molecule is CCOc1ccc(C(C)NC(=O)CN)cc1OCC.Cl. The van der Waals surface area contributed by atoms with Gasteiger partial charge in [-0.25, -0.2) is 0 Å². The third-order valence-electron chi connectivity index (χ3n) is 2.63. The molecule has 0 saturated heterocycles. The van der Waals surface area contributed by atoms with Crippen LogP contribution in [0, 0.1) is 0 Å². The number of ether oxygens (including phenoxy) is 2. The smallest absolute Gasteiger partial charge is 0.234 e. The van der Waals surface area contributed by atoms with Gasteiger partial charge in [-0.1, -0.05) is 6.07 Å². The number of hydrogen-bond acceptors (Lipinski definition) is 4. The Morgan fingerprint density at radius 1 is 1.25 bits per heavy atom. The summed E-state index contributed by atoms with van der Waals surface area (Å²) in [6, 6.07) is 5.53. The fraction of sp³-hybridized carbons (Fsp3) is 0.500. The lowest BCUT2D eigenvalue weighted by atomic mass is 10.1. The maximum absolute atomic E-state index is 11.3. The predicted octanol–water partition coefficient (Wildman–Crippen LogP) is 2.04. The summed E-state index contributed by atoms with van der Waals surface area (Å²) < 4.78 is 11.0. The van der Waals surface area contributed by atoms with E-state index in [9.17, 15) is 4.79 Å². The molecule has 3 N–H and O–H groups in total. The van der Waals surface area contributed by atoms with Crippen molar-refractivity contribution in [3.05, 3.63) is 23.8 Å². The van der Waals surface area contributed by atoms with Crippen LogP contribution in [0.25, 0.3) is 0 Å². The van der Waals surface area contributed by atoms with Crippen LogP contribution in [-0.2, 0) is 4.79 Å². The molecule has 6 heteroatoms. The number of rotatable bonds is 7. The molecule has 5 nitrogen and oxygen atoms in total. The first-order valence-electron chi connectivity index (χ1n) is 6.51. The standard InChI is InChI=1S/C14H22N2O3.ClH/c1-4-18-12-7-6-11(8-13(12)19-5-2)10(3)16-14(17)9-15;/h6-8,10H,4-5,9,15H2,1-3H3,(H,16,17);1H. The van der Waals surface area contributed by atoms with Crippen LogP contribution >= 0.6 is 12.4 Å². The topological polar surface area (TPSA) is 73.6 Å². The van der Waals surface area contributed by atoms with Gasteiger partial charge in [0.05, 0.1) is 25.8 Å². The normalized spacial score (nSPS) is 11.2. The van der Waals surface area contributed by atoms with Crippen molar-refractivity contribution in [2.45, 2.75) is 26.8 Å². The van der Waals surface area contributed by atoms with Crippen molar-refractivity contribution in [1.82, 2.24) is 5.32 Å². The minimum absolute atomic E-state index is 0. The first-order valence-corrected chi connectivity index (χ1v) is 6.51. The van der Waals surface area contributed by atoms with Gasteiger partial charge in [0.15, 0.2) is 11.5 Å². The summed E-state index contributed by atoms with van der Waals surface area (Å²) in [5.41, 5.74) is 6.24. The Morgan fingerprint density at radius 2 is 1.85 bits per heavy atom. The number of benzene rings is 1. The van der Waals surface area contributed by atoms with Gasteiger partial charge in [-0.3, -0.25) is 4.79 Å². The Morgan fingerprint density at radius 3 is 2.40 bits per heavy atom. The molecule has 1 rings (SSSR count). The molecule has 0 aliphatic heterocycles. The number of hydrogen-bond donors (Lipinski definition) is 2. The maximum atomic E-state index is 11.3. The van der Waals surface area contributed by atoms with E-state index in [1.807, 2.05) is 39.0 Å². The average molecular weight is 303 g/mol. The van der Waals surface area contributed by atoms with Crippen LogP contribution in [0.1, 0.15) is 32.4 Å². The fourth-order valence-electron chi connectivity index (χ4n) is 1.72. The molecule has 114 valence electrons. The highest BCUT2D eigenvalue weighted by atomic mass is 35.5. The maximum Gasteiger partial charge on any atom is 0.234 e. The number of carbonyl (C=O) groups is 1. The Balaban J connectivity index is 0.00000361. The molecule has 1 aromatic carbocycles. The summed E-state index contributed by atoms with van der Waals surface area (Å²) in [4.78, 5) is 11.3. The quantitative estimate of drug-likeness (QED) is 0.808. The van der Waals surface area contributed by atoms with Crippen molar-refractivity contribution in [3.8, 4) is 11.5 Å². The summed E-state index contributed by atoms with van der Waals surface area (Å²) >= 11 is 0. The highest BCUT2D eigenvalue weighted by Crippen LogP contribution is 2.30. The van der Waals surface area contributed by atoms with Crippen LogP contribution in [0.5, 0.6) is 11.5 Å². The van der Waals surface area contributed by atoms with Crippen molar-refractivity contribution in [2.75, 3.05) is 19.8 Å². The van der Waals surface area contributed by atoms with Crippen LogP contribution in [0.3, 0.4) is 0 Å². The number of amides is 1. The zero-order valence-electron chi connectivity index (χ0n) is 12.1. The van der Waals surface area contributed by atoms with Gasteiger partial charge in [-0.15, -0.1) is 12.4 Å². The summed E-state index contributed by atoms with van der Waals surface area (Å²) in [7, 11) is 0. The third-order valence-corrected chi connectivity index (χ3v) is 2.63. The van der Waals surface area contributed by atoms with Gasteiger partial charge in [0.1, 0.15) is 0 Å². The zero-order chi connectivity index (χ0) is 14.3. The molecular weight excluding hydrogens is 280 g/mol. The molecule has 0 saturated carbocycles. The second-order valence-electron chi connectivity index (χ2n) is 4.07. The van der Waals surface area contributed by atoms with Gasteiger partial charge in [-0.05, 0) is 38.5 Å². The lowest BCUT2D eigenvalue weighted by molar-refractivity contribution is -0.120. The average Bonchev–Trinajstić information content (AvgIpc) is 2.41. The van der Waals surface area contributed by atoms with Gasteiger partial charge < -0.3 is 20.5 Å². The Hall–Kier alpha value is -1.46. The number of halogens is 1. The van der Waals surface area contributed by atoms with Gasteiger partial charge >= 0.3 is 0 Å². The summed E-state index contributed by atoms with van der Waals surface area (Å²) in [5.74, 6) is 1.22. The number of carbonyl (C=O) groups excluding carboxylic acids is 1. The van der Waals surface area contributed by atoms with Crippen LogP contribution in [0.15, 0.2) is 18.2 Å². The monoisotopic (exact) mass is 302 g/mol. The summed E-state index contributed by atoms with van der Waals surface area (Å²) in [6.45, 7) is 6.88. The molecule has 1 unspecified atom stereocenters.